The van der Waals surface area contributed by atoms with Crippen LogP contribution in [0.25, 0.3) is 0 Å². The Kier molecular flexibility index (Phi) is 20.0. The second-order valence-electron chi connectivity index (χ2n) is 19.2. The lowest BCUT2D eigenvalue weighted by Crippen LogP contribution is -2.68. The molecule has 21 aliphatic heterocycles. The Balaban J connectivity index is 1.04. The summed E-state index contributed by atoms with van der Waals surface area (Å²) in [5.41, 5.74) is 0. The van der Waals surface area contributed by atoms with Crippen LogP contribution in [-0.4, -0.2) is 324 Å². The number of aliphatic hydroxyl groups excluding tert-OH is 17. The van der Waals surface area contributed by atoms with Crippen LogP contribution >= 0.6 is 0 Å². The maximum atomic E-state index is 11.3. The molecule has 73 heavy (non-hydrogen) atoms. The molecule has 0 aliphatic carbocycles. The van der Waals surface area contributed by atoms with E-state index in [0.29, 0.717) is 0 Å². The highest BCUT2D eigenvalue weighted by Gasteiger charge is 2.57. The Morgan fingerprint density at radius 1 is 0.247 bits per heavy atom. The molecule has 0 aromatic rings. The fourth-order valence-electron chi connectivity index (χ4n) is 10.3. The zero-order chi connectivity index (χ0) is 52.6. The minimum Gasteiger partial charge on any atom is -0.394 e. The van der Waals surface area contributed by atoms with E-state index in [1.165, 1.54) is 0 Å². The van der Waals surface area contributed by atoms with E-state index in [1.807, 2.05) is 0 Å². The first-order valence-electron chi connectivity index (χ1n) is 24.2. The van der Waals surface area contributed by atoms with Crippen LogP contribution in [0, 0.1) is 0 Å². The van der Waals surface area contributed by atoms with Crippen molar-refractivity contribution in [2.45, 2.75) is 216 Å². The van der Waals surface area contributed by atoms with Crippen molar-refractivity contribution < 1.29 is 153 Å². The fourth-order valence-corrected chi connectivity index (χ4v) is 10.3. The summed E-state index contributed by atoms with van der Waals surface area (Å²) >= 11 is 0. The molecule has 0 spiro atoms. The highest BCUT2D eigenvalue weighted by molar-refractivity contribution is 4.99. The first-order valence-corrected chi connectivity index (χ1v) is 24.2. The monoisotopic (exact) mass is 1070 g/mol. The van der Waals surface area contributed by atoms with Gasteiger partial charge in [-0.1, -0.05) is 0 Å². The molecule has 21 fully saturated rings. The van der Waals surface area contributed by atoms with Gasteiger partial charge in [-0.25, -0.2) is 0 Å². The van der Waals surface area contributed by atoms with Gasteiger partial charge in [0.05, 0.1) is 64.6 Å². The molecule has 0 amide bonds. The molecule has 0 aromatic heterocycles. The highest BCUT2D eigenvalue weighted by Crippen LogP contribution is 2.38. The molecule has 21 rings (SSSR count). The Morgan fingerprint density at radius 3 is 0.959 bits per heavy atom. The maximum Gasteiger partial charge on any atom is 0.187 e. The molecular formula is C42H70O31. The Morgan fingerprint density at radius 2 is 0.562 bits per heavy atom. The summed E-state index contributed by atoms with van der Waals surface area (Å²) in [6.07, 6.45) is -52.0. The van der Waals surface area contributed by atoms with Crippen LogP contribution in [0.1, 0.15) is 25.7 Å². The van der Waals surface area contributed by atoms with Gasteiger partial charge in [-0.05, 0) is 6.42 Å². The molecule has 21 saturated heterocycles. The van der Waals surface area contributed by atoms with Crippen molar-refractivity contribution in [2.24, 2.45) is 0 Å². The zero-order valence-electron chi connectivity index (χ0n) is 39.0. The average Bonchev–Trinajstić information content (AvgIpc) is 3.38. The van der Waals surface area contributed by atoms with E-state index in [0.717, 1.165) is 0 Å². The van der Waals surface area contributed by atoms with Crippen molar-refractivity contribution >= 4 is 0 Å². The highest BCUT2D eigenvalue weighted by atomic mass is 16.8. The number of hydrogen-bond donors (Lipinski definition) is 17. The molecule has 424 valence electrons. The summed E-state index contributed by atoms with van der Waals surface area (Å²) < 4.78 is 81.7. The van der Waals surface area contributed by atoms with Gasteiger partial charge in [0.1, 0.15) is 128 Å². The molecule has 31 heteroatoms. The molecule has 14 bridgehead atoms. The minimum absolute atomic E-state index is 0.114. The lowest BCUT2D eigenvalue weighted by Gasteiger charge is -2.49. The third-order valence-corrected chi connectivity index (χ3v) is 14.4. The van der Waals surface area contributed by atoms with Crippen molar-refractivity contribution in [3.8, 4) is 0 Å². The lowest BCUT2D eigenvalue weighted by molar-refractivity contribution is -0.394. The fraction of sp³-hybridized carbons (Fsp3) is 1.00. The van der Waals surface area contributed by atoms with Gasteiger partial charge < -0.3 is 153 Å². The first kappa shape index (κ1) is 57.9. The van der Waals surface area contributed by atoms with Crippen LogP contribution in [0.2, 0.25) is 0 Å². The molecule has 17 N–H and O–H groups in total. The van der Waals surface area contributed by atoms with E-state index >= 15 is 0 Å². The molecule has 31 atom stereocenters. The molecule has 0 radical (unpaired) electrons. The number of ether oxygens (including phenoxy) is 14. The average molecular weight is 1070 g/mol. The Labute approximate surface area is 415 Å². The third-order valence-electron chi connectivity index (χ3n) is 14.4. The number of aliphatic hydroxyl groups is 17. The van der Waals surface area contributed by atoms with Crippen molar-refractivity contribution in [1.29, 1.82) is 0 Å². The van der Waals surface area contributed by atoms with E-state index in [-0.39, 0.29) is 25.7 Å². The van der Waals surface area contributed by atoms with Gasteiger partial charge in [0.15, 0.2) is 44.0 Å². The SMILES string of the molecule is OCC1OC2CCC1OC1CC(O)C(OC3OC(CO)C(OC4OC(CO)C(OC5OC(CO)C(OC6OC(CO)C(OC7OC(CO)C(CC7O)O2)C(O)C6O)C(O)C5O)C(O)C4O)C(O)C3O)C(CO)O1. The molecule has 0 aromatic carbocycles. The zero-order valence-corrected chi connectivity index (χ0v) is 39.0. The van der Waals surface area contributed by atoms with Gasteiger partial charge in [0.2, 0.25) is 0 Å². The van der Waals surface area contributed by atoms with E-state index in [9.17, 15) is 86.8 Å². The molecule has 0 saturated carbocycles. The van der Waals surface area contributed by atoms with Gasteiger partial charge in [0.25, 0.3) is 0 Å². The number of rotatable bonds is 7. The second kappa shape index (κ2) is 25.3. The van der Waals surface area contributed by atoms with Crippen molar-refractivity contribution in [1.82, 2.24) is 0 Å². The van der Waals surface area contributed by atoms with Crippen LogP contribution in [0.5, 0.6) is 0 Å². The minimum atomic E-state index is -2.14. The van der Waals surface area contributed by atoms with Crippen LogP contribution < -0.4 is 0 Å². The molecular weight excluding hydrogens is 1000 g/mol. The summed E-state index contributed by atoms with van der Waals surface area (Å²) in [5, 5.41) is 185. The van der Waals surface area contributed by atoms with E-state index in [4.69, 9.17) is 66.3 Å². The van der Waals surface area contributed by atoms with Gasteiger partial charge in [-0.3, -0.25) is 0 Å². The lowest BCUT2D eigenvalue weighted by atomic mass is 9.95. The van der Waals surface area contributed by atoms with Crippen LogP contribution in [0.3, 0.4) is 0 Å². The van der Waals surface area contributed by atoms with Gasteiger partial charge in [0, 0.05) is 19.3 Å². The molecule has 31 unspecified atom stereocenters. The predicted molar refractivity (Wildman–Crippen MR) is 223 cm³/mol. The van der Waals surface area contributed by atoms with Crippen LogP contribution in [-0.2, 0) is 66.3 Å². The quantitative estimate of drug-likeness (QED) is 0.113. The van der Waals surface area contributed by atoms with Gasteiger partial charge in [-0.15, -0.1) is 0 Å². The predicted octanol–water partition coefficient (Wildman–Crippen LogP) is -11.1. The standard InChI is InChI=1S/C42H70O31/c43-5-16-14-1-2-23(62-16)61-15-3-13(51)38(64-17(15)6-44)70-34-19(8-46)66-40(30(57)25(34)52)72-36-21(10-48)68-42(32(59)27(36)54)73-37-22(11-49)67-41(31(58)28(37)55)71-35-20(9-47)65-39(29(56)26(35)53)69-33-12(50)4-24(60-14)63-18(33)7-45/h12-59H,1-11H2. The summed E-state index contributed by atoms with van der Waals surface area (Å²) in [5.74, 6) is 0. The maximum absolute atomic E-state index is 11.3. The summed E-state index contributed by atoms with van der Waals surface area (Å²) in [7, 11) is 0. The van der Waals surface area contributed by atoms with E-state index < -0.39 is 237 Å². The first-order chi connectivity index (χ1) is 35.0. The Bertz CT molecular complexity index is 1690. The van der Waals surface area contributed by atoms with E-state index in [1.54, 1.807) is 0 Å². The van der Waals surface area contributed by atoms with Crippen LogP contribution in [0.4, 0.5) is 0 Å². The van der Waals surface area contributed by atoms with Crippen molar-refractivity contribution in [3.05, 3.63) is 0 Å². The summed E-state index contributed by atoms with van der Waals surface area (Å²) in [4.78, 5) is 0. The smallest absolute Gasteiger partial charge is 0.187 e. The molecule has 31 nitrogen and oxygen atoms in total. The summed E-state index contributed by atoms with van der Waals surface area (Å²) in [6, 6.07) is 0. The van der Waals surface area contributed by atoms with E-state index in [2.05, 4.69) is 0 Å². The molecule has 21 aliphatic rings. The summed E-state index contributed by atoms with van der Waals surface area (Å²) in [6.45, 7) is -5.89. The third kappa shape index (κ3) is 12.2. The van der Waals surface area contributed by atoms with Gasteiger partial charge in [-0.2, -0.15) is 0 Å². The normalized spacial score (nSPS) is 53.6. The number of hydrogen-bond acceptors (Lipinski definition) is 31. The van der Waals surface area contributed by atoms with Crippen molar-refractivity contribution in [2.75, 3.05) is 46.2 Å². The van der Waals surface area contributed by atoms with Crippen LogP contribution in [0.15, 0.2) is 0 Å². The largest absolute Gasteiger partial charge is 0.394 e. The second-order valence-corrected chi connectivity index (χ2v) is 19.2. The van der Waals surface area contributed by atoms with Gasteiger partial charge >= 0.3 is 0 Å². The van der Waals surface area contributed by atoms with Crippen molar-refractivity contribution in [3.63, 3.8) is 0 Å². The topological polar surface area (TPSA) is 473 Å². The Hall–Kier alpha value is -1.24. The molecule has 21 heterocycles.